The largest absolute Gasteiger partial charge is 0.435 e. The summed E-state index contributed by atoms with van der Waals surface area (Å²) >= 11 is 0. The quantitative estimate of drug-likeness (QED) is 0.552. The van der Waals surface area contributed by atoms with Gasteiger partial charge in [0.15, 0.2) is 5.69 Å². The normalized spacial score (nSPS) is 14.4. The summed E-state index contributed by atoms with van der Waals surface area (Å²) in [5, 5.41) is 11.0. The van der Waals surface area contributed by atoms with E-state index in [2.05, 4.69) is 15.5 Å². The van der Waals surface area contributed by atoms with E-state index in [0.717, 1.165) is 31.2 Å². The first-order chi connectivity index (χ1) is 15.7. The highest BCUT2D eigenvalue weighted by atomic mass is 19.4. The molecule has 0 aliphatic heterocycles. The highest BCUT2D eigenvalue weighted by Crippen LogP contribution is 2.34. The maximum atomic E-state index is 14.0. The van der Waals surface area contributed by atoms with E-state index in [1.54, 1.807) is 32.0 Å². The lowest BCUT2D eigenvalue weighted by Crippen LogP contribution is -2.44. The standard InChI is InChI=1S/C21H22F3N7O2/c1-14(2)28(15-9-5-3-6-10-15)19(32)31-20(33)30(26-27-31)17-13-25-29(18(17)21(22,23)24)16-11-7-4-8-12-16/h4,7-9,11-14H,3,5-6,10H2,1-2H3. The number of halogens is 3. The van der Waals surface area contributed by atoms with Gasteiger partial charge in [0, 0.05) is 11.7 Å². The SMILES string of the molecule is CC(C)N(C(=O)n1nnn(-c2cnn(-c3ccccc3)c2C(F)(F)F)c1=O)C1=CCCCC1. The molecule has 9 nitrogen and oxygen atoms in total. The Kier molecular flexibility index (Phi) is 5.91. The molecule has 12 heteroatoms. The number of rotatable bonds is 4. The van der Waals surface area contributed by atoms with Gasteiger partial charge in [0.1, 0.15) is 5.69 Å². The fourth-order valence-electron chi connectivity index (χ4n) is 3.86. The summed E-state index contributed by atoms with van der Waals surface area (Å²) in [6.45, 7) is 3.57. The number of tetrazole rings is 1. The number of benzene rings is 1. The van der Waals surface area contributed by atoms with Crippen molar-refractivity contribution in [3.05, 3.63) is 64.5 Å². The molecule has 2 aromatic heterocycles. The summed E-state index contributed by atoms with van der Waals surface area (Å²) < 4.78 is 43.5. The number of allylic oxidation sites excluding steroid dienone is 2. The second-order valence-electron chi connectivity index (χ2n) is 7.90. The van der Waals surface area contributed by atoms with E-state index in [4.69, 9.17) is 0 Å². The molecule has 0 bridgehead atoms. The Hall–Kier alpha value is -3.70. The van der Waals surface area contributed by atoms with Crippen molar-refractivity contribution < 1.29 is 18.0 Å². The van der Waals surface area contributed by atoms with Gasteiger partial charge in [-0.2, -0.15) is 23.0 Å². The molecule has 0 saturated carbocycles. The van der Waals surface area contributed by atoms with Gasteiger partial charge in [-0.25, -0.2) is 14.3 Å². The summed E-state index contributed by atoms with van der Waals surface area (Å²) in [5.74, 6) is 0. The molecule has 0 N–H and O–H groups in total. The van der Waals surface area contributed by atoms with Gasteiger partial charge >= 0.3 is 17.9 Å². The van der Waals surface area contributed by atoms with Crippen LogP contribution in [0.3, 0.4) is 0 Å². The number of alkyl halides is 3. The molecular weight excluding hydrogens is 439 g/mol. The molecule has 1 aromatic carbocycles. The van der Waals surface area contributed by atoms with E-state index in [9.17, 15) is 22.8 Å². The molecule has 3 aromatic rings. The molecule has 0 unspecified atom stereocenters. The first-order valence-electron chi connectivity index (χ1n) is 10.5. The third kappa shape index (κ3) is 4.20. The molecule has 33 heavy (non-hydrogen) atoms. The van der Waals surface area contributed by atoms with E-state index in [0.29, 0.717) is 20.5 Å². The van der Waals surface area contributed by atoms with Crippen LogP contribution in [0, 0.1) is 0 Å². The van der Waals surface area contributed by atoms with Crippen LogP contribution in [0.25, 0.3) is 11.4 Å². The van der Waals surface area contributed by atoms with Gasteiger partial charge in [-0.05, 0) is 62.1 Å². The van der Waals surface area contributed by atoms with Gasteiger partial charge in [0.2, 0.25) is 0 Å². The molecule has 4 rings (SSSR count). The minimum Gasteiger partial charge on any atom is -0.294 e. The first kappa shape index (κ1) is 22.5. The monoisotopic (exact) mass is 461 g/mol. The van der Waals surface area contributed by atoms with Crippen molar-refractivity contribution >= 4 is 6.03 Å². The van der Waals surface area contributed by atoms with Crippen molar-refractivity contribution in [1.29, 1.82) is 0 Å². The van der Waals surface area contributed by atoms with Crippen LogP contribution in [0.5, 0.6) is 0 Å². The smallest absolute Gasteiger partial charge is 0.294 e. The average Bonchev–Trinajstić information content (AvgIpc) is 3.38. The number of aromatic nitrogens is 6. The summed E-state index contributed by atoms with van der Waals surface area (Å²) in [6, 6.07) is 6.65. The number of carbonyl (C=O) groups excluding carboxylic acids is 1. The Labute approximate surface area is 186 Å². The predicted molar refractivity (Wildman–Crippen MR) is 112 cm³/mol. The van der Waals surface area contributed by atoms with Gasteiger partial charge in [-0.1, -0.05) is 24.3 Å². The molecule has 1 aliphatic carbocycles. The van der Waals surface area contributed by atoms with Crippen LogP contribution < -0.4 is 5.69 Å². The molecule has 0 radical (unpaired) electrons. The van der Waals surface area contributed by atoms with E-state index in [1.807, 2.05) is 6.08 Å². The number of hydrogen-bond acceptors (Lipinski definition) is 5. The fraction of sp³-hybridized carbons (Fsp3) is 0.381. The Morgan fingerprint density at radius 1 is 1.09 bits per heavy atom. The van der Waals surface area contributed by atoms with Crippen molar-refractivity contribution in [2.24, 2.45) is 0 Å². The van der Waals surface area contributed by atoms with Gasteiger partial charge in [-0.3, -0.25) is 4.90 Å². The number of nitrogens with zero attached hydrogens (tertiary/aromatic N) is 7. The van der Waals surface area contributed by atoms with Gasteiger partial charge in [-0.15, -0.1) is 4.68 Å². The van der Waals surface area contributed by atoms with E-state index >= 15 is 0 Å². The summed E-state index contributed by atoms with van der Waals surface area (Å²) in [6.07, 6.45) is 1.33. The third-order valence-corrected chi connectivity index (χ3v) is 5.31. The highest BCUT2D eigenvalue weighted by Gasteiger charge is 2.40. The van der Waals surface area contributed by atoms with E-state index in [1.165, 1.54) is 17.0 Å². The van der Waals surface area contributed by atoms with Crippen LogP contribution in [0.15, 0.2) is 53.1 Å². The molecule has 1 amide bonds. The molecule has 0 fully saturated rings. The number of carbonyl (C=O) groups is 1. The maximum absolute atomic E-state index is 14.0. The molecule has 0 saturated heterocycles. The van der Waals surface area contributed by atoms with Crippen molar-refractivity contribution in [3.8, 4) is 11.4 Å². The lowest BCUT2D eigenvalue weighted by molar-refractivity contribution is -0.142. The zero-order valence-electron chi connectivity index (χ0n) is 18.0. The third-order valence-electron chi connectivity index (χ3n) is 5.31. The Bertz CT molecular complexity index is 1240. The van der Waals surface area contributed by atoms with Crippen LogP contribution in [0.2, 0.25) is 0 Å². The zero-order valence-corrected chi connectivity index (χ0v) is 18.0. The van der Waals surface area contributed by atoms with Crippen molar-refractivity contribution in [2.75, 3.05) is 0 Å². The van der Waals surface area contributed by atoms with E-state index in [-0.39, 0.29) is 11.7 Å². The number of amides is 1. The zero-order chi connectivity index (χ0) is 23.8. The second kappa shape index (κ2) is 8.68. The lowest BCUT2D eigenvalue weighted by Gasteiger charge is -2.30. The Morgan fingerprint density at radius 3 is 2.42 bits per heavy atom. The van der Waals surface area contributed by atoms with Crippen LogP contribution in [0.4, 0.5) is 18.0 Å². The van der Waals surface area contributed by atoms with Gasteiger partial charge in [0.05, 0.1) is 11.9 Å². The second-order valence-corrected chi connectivity index (χ2v) is 7.90. The van der Waals surface area contributed by atoms with Gasteiger partial charge in [0.25, 0.3) is 0 Å². The topological polar surface area (TPSA) is 90.8 Å². The van der Waals surface area contributed by atoms with Gasteiger partial charge < -0.3 is 0 Å². The Morgan fingerprint density at radius 2 is 1.82 bits per heavy atom. The molecule has 1 aliphatic rings. The average molecular weight is 461 g/mol. The summed E-state index contributed by atoms with van der Waals surface area (Å²) in [7, 11) is 0. The fourth-order valence-corrected chi connectivity index (χ4v) is 3.86. The Balaban J connectivity index is 1.78. The predicted octanol–water partition coefficient (Wildman–Crippen LogP) is 3.77. The molecule has 0 atom stereocenters. The molecule has 174 valence electrons. The number of hydrogen-bond donors (Lipinski definition) is 0. The van der Waals surface area contributed by atoms with Crippen LogP contribution >= 0.6 is 0 Å². The highest BCUT2D eigenvalue weighted by molar-refractivity contribution is 5.77. The van der Waals surface area contributed by atoms with Crippen molar-refractivity contribution in [1.82, 2.24) is 34.5 Å². The minimum absolute atomic E-state index is 0.155. The van der Waals surface area contributed by atoms with Crippen molar-refractivity contribution in [2.45, 2.75) is 51.7 Å². The molecule has 0 spiro atoms. The van der Waals surface area contributed by atoms with Crippen molar-refractivity contribution in [3.63, 3.8) is 0 Å². The summed E-state index contributed by atoms with van der Waals surface area (Å²) in [5.41, 5.74) is -2.02. The maximum Gasteiger partial charge on any atom is 0.435 e. The summed E-state index contributed by atoms with van der Waals surface area (Å²) in [4.78, 5) is 27.6. The molecule has 2 heterocycles. The minimum atomic E-state index is -4.86. The van der Waals surface area contributed by atoms with Crippen LogP contribution in [-0.2, 0) is 6.18 Å². The van der Waals surface area contributed by atoms with Crippen LogP contribution in [0.1, 0.15) is 45.2 Å². The van der Waals surface area contributed by atoms with Crippen LogP contribution in [-0.4, -0.2) is 46.5 Å². The lowest BCUT2D eigenvalue weighted by atomic mass is 10.0. The first-order valence-corrected chi connectivity index (χ1v) is 10.5. The van der Waals surface area contributed by atoms with E-state index < -0.39 is 29.3 Å². The molecular formula is C21H22F3N7O2. The number of para-hydroxylation sites is 1.